The molecule has 5 nitrogen and oxygen atoms in total. The van der Waals surface area contributed by atoms with Gasteiger partial charge in [-0.25, -0.2) is 8.42 Å². The summed E-state index contributed by atoms with van der Waals surface area (Å²) in [6.07, 6.45) is 5.03. The lowest BCUT2D eigenvalue weighted by Gasteiger charge is -2.27. The molecule has 1 aliphatic heterocycles. The molecule has 28 heavy (non-hydrogen) atoms. The highest BCUT2D eigenvalue weighted by Gasteiger charge is 2.26. The number of benzene rings is 2. The Hall–Kier alpha value is -1.83. The van der Waals surface area contributed by atoms with Crippen molar-refractivity contribution in [2.75, 3.05) is 26.4 Å². The molecule has 150 valence electrons. The van der Waals surface area contributed by atoms with Crippen molar-refractivity contribution in [2.24, 2.45) is 0 Å². The van der Waals surface area contributed by atoms with Gasteiger partial charge in [-0.15, -0.1) is 11.8 Å². The second kappa shape index (κ2) is 9.11. The molecule has 1 amide bonds. The minimum atomic E-state index is -3.70. The van der Waals surface area contributed by atoms with Gasteiger partial charge in [-0.3, -0.25) is 4.79 Å². The number of nitrogens with zero attached hydrogens (tertiary/aromatic N) is 2. The molecule has 0 unspecified atom stereocenters. The maximum Gasteiger partial charge on any atom is 0.255 e. The Morgan fingerprint density at radius 3 is 2.39 bits per heavy atom. The predicted octanol–water partition coefficient (Wildman–Crippen LogP) is 3.86. The van der Waals surface area contributed by atoms with E-state index in [1.165, 1.54) is 16.1 Å². The van der Waals surface area contributed by atoms with Crippen LogP contribution in [0.5, 0.6) is 0 Å². The van der Waals surface area contributed by atoms with Crippen LogP contribution in [-0.4, -0.2) is 49.9 Å². The SMILES string of the molecule is CSc1ccc(S(=O)(=O)N(C)Cc2ccccc2)cc1C(=O)N1CCCCC1. The molecule has 0 saturated carbocycles. The number of piperidine rings is 1. The fraction of sp³-hybridized carbons (Fsp3) is 0.381. The molecule has 1 saturated heterocycles. The maximum absolute atomic E-state index is 13.1. The number of thioether (sulfide) groups is 1. The summed E-state index contributed by atoms with van der Waals surface area (Å²) >= 11 is 1.46. The van der Waals surface area contributed by atoms with Crippen LogP contribution in [0.2, 0.25) is 0 Å². The molecule has 0 N–H and O–H groups in total. The highest BCUT2D eigenvalue weighted by molar-refractivity contribution is 7.98. The van der Waals surface area contributed by atoms with Crippen molar-refractivity contribution in [3.63, 3.8) is 0 Å². The van der Waals surface area contributed by atoms with Crippen LogP contribution in [0.3, 0.4) is 0 Å². The van der Waals surface area contributed by atoms with Gasteiger partial charge in [0.1, 0.15) is 0 Å². The molecule has 3 rings (SSSR count). The number of hydrogen-bond acceptors (Lipinski definition) is 4. The highest BCUT2D eigenvalue weighted by Crippen LogP contribution is 2.27. The van der Waals surface area contributed by atoms with Crippen molar-refractivity contribution in [3.05, 3.63) is 59.7 Å². The van der Waals surface area contributed by atoms with E-state index in [2.05, 4.69) is 0 Å². The van der Waals surface area contributed by atoms with E-state index in [1.807, 2.05) is 41.5 Å². The van der Waals surface area contributed by atoms with E-state index in [4.69, 9.17) is 0 Å². The summed E-state index contributed by atoms with van der Waals surface area (Å²) in [6, 6.07) is 14.3. The zero-order valence-electron chi connectivity index (χ0n) is 16.3. The van der Waals surface area contributed by atoms with Crippen LogP contribution in [0.1, 0.15) is 35.2 Å². The Labute approximate surface area is 171 Å². The second-order valence-electron chi connectivity index (χ2n) is 6.96. The van der Waals surface area contributed by atoms with Gasteiger partial charge in [0.05, 0.1) is 10.5 Å². The number of rotatable bonds is 6. The van der Waals surface area contributed by atoms with Gasteiger partial charge >= 0.3 is 0 Å². The Kier molecular flexibility index (Phi) is 6.80. The van der Waals surface area contributed by atoms with Crippen LogP contribution < -0.4 is 0 Å². The lowest BCUT2D eigenvalue weighted by atomic mass is 10.1. The third kappa shape index (κ3) is 4.59. The zero-order chi connectivity index (χ0) is 20.1. The van der Waals surface area contributed by atoms with Crippen LogP contribution in [0.4, 0.5) is 0 Å². The number of likely N-dealkylation sites (tertiary alicyclic amines) is 1. The predicted molar refractivity (Wildman–Crippen MR) is 113 cm³/mol. The number of hydrogen-bond donors (Lipinski definition) is 0. The molecule has 0 bridgehead atoms. The molecule has 2 aromatic carbocycles. The van der Waals surface area contributed by atoms with E-state index < -0.39 is 10.0 Å². The van der Waals surface area contributed by atoms with Crippen LogP contribution in [0.15, 0.2) is 58.3 Å². The topological polar surface area (TPSA) is 57.7 Å². The Balaban J connectivity index is 1.89. The number of amides is 1. The molecule has 0 aromatic heterocycles. The van der Waals surface area contributed by atoms with Gasteiger partial charge < -0.3 is 4.90 Å². The fourth-order valence-corrected chi connectivity index (χ4v) is 5.14. The van der Waals surface area contributed by atoms with Crippen molar-refractivity contribution < 1.29 is 13.2 Å². The van der Waals surface area contributed by atoms with Gasteiger partial charge in [-0.1, -0.05) is 30.3 Å². The molecule has 1 aliphatic rings. The summed E-state index contributed by atoms with van der Waals surface area (Å²) in [5.74, 6) is -0.0770. The average Bonchev–Trinajstić information content (AvgIpc) is 2.74. The normalized spacial score (nSPS) is 15.0. The van der Waals surface area contributed by atoms with Gasteiger partial charge in [0.15, 0.2) is 0 Å². The summed E-state index contributed by atoms with van der Waals surface area (Å²) in [7, 11) is -2.13. The van der Waals surface area contributed by atoms with Gasteiger partial charge in [0.25, 0.3) is 5.91 Å². The monoisotopic (exact) mass is 418 g/mol. The lowest BCUT2D eigenvalue weighted by molar-refractivity contribution is 0.0720. The second-order valence-corrected chi connectivity index (χ2v) is 9.85. The van der Waals surface area contributed by atoms with E-state index >= 15 is 0 Å². The van der Waals surface area contributed by atoms with Crippen molar-refractivity contribution in [1.82, 2.24) is 9.21 Å². The van der Waals surface area contributed by atoms with Gasteiger partial charge in [0.2, 0.25) is 10.0 Å². The molecular weight excluding hydrogens is 392 g/mol. The summed E-state index contributed by atoms with van der Waals surface area (Å²) < 4.78 is 27.5. The molecule has 0 radical (unpaired) electrons. The molecule has 7 heteroatoms. The van der Waals surface area contributed by atoms with E-state index in [9.17, 15) is 13.2 Å². The molecule has 0 aliphatic carbocycles. The van der Waals surface area contributed by atoms with Gasteiger partial charge in [0, 0.05) is 31.6 Å². The minimum Gasteiger partial charge on any atom is -0.339 e. The van der Waals surface area contributed by atoms with E-state index in [1.54, 1.807) is 25.2 Å². The molecule has 0 spiro atoms. The van der Waals surface area contributed by atoms with Crippen molar-refractivity contribution in [3.8, 4) is 0 Å². The Morgan fingerprint density at radius 2 is 1.75 bits per heavy atom. The summed E-state index contributed by atoms with van der Waals surface area (Å²) in [5, 5.41) is 0. The number of sulfonamides is 1. The van der Waals surface area contributed by atoms with E-state index in [0.717, 1.165) is 42.8 Å². The van der Waals surface area contributed by atoms with Crippen LogP contribution >= 0.6 is 11.8 Å². The Morgan fingerprint density at radius 1 is 1.07 bits per heavy atom. The van der Waals surface area contributed by atoms with Crippen LogP contribution in [0, 0.1) is 0 Å². The first kappa shape index (κ1) is 20.9. The summed E-state index contributed by atoms with van der Waals surface area (Å²) in [4.78, 5) is 15.8. The number of carbonyl (C=O) groups excluding carboxylic acids is 1. The molecule has 0 atom stereocenters. The maximum atomic E-state index is 13.1. The van der Waals surface area contributed by atoms with Crippen molar-refractivity contribution in [1.29, 1.82) is 0 Å². The Bertz CT molecular complexity index is 924. The van der Waals surface area contributed by atoms with Gasteiger partial charge in [-0.2, -0.15) is 4.31 Å². The van der Waals surface area contributed by atoms with Crippen molar-refractivity contribution in [2.45, 2.75) is 35.6 Å². The number of carbonyl (C=O) groups is 1. The third-order valence-electron chi connectivity index (χ3n) is 5.00. The van der Waals surface area contributed by atoms with E-state index in [0.29, 0.717) is 5.56 Å². The van der Waals surface area contributed by atoms with Crippen molar-refractivity contribution >= 4 is 27.7 Å². The molecule has 1 heterocycles. The smallest absolute Gasteiger partial charge is 0.255 e. The highest BCUT2D eigenvalue weighted by atomic mass is 32.2. The molecular formula is C21H26N2O3S2. The zero-order valence-corrected chi connectivity index (χ0v) is 17.9. The first-order valence-electron chi connectivity index (χ1n) is 9.41. The lowest BCUT2D eigenvalue weighted by Crippen LogP contribution is -2.36. The molecule has 1 fully saturated rings. The largest absolute Gasteiger partial charge is 0.339 e. The quantitative estimate of drug-likeness (QED) is 0.669. The first-order chi connectivity index (χ1) is 13.4. The summed E-state index contributed by atoms with van der Waals surface area (Å²) in [6.45, 7) is 1.75. The van der Waals surface area contributed by atoms with Crippen LogP contribution in [0.25, 0.3) is 0 Å². The van der Waals surface area contributed by atoms with Crippen LogP contribution in [-0.2, 0) is 16.6 Å². The first-order valence-corrected chi connectivity index (χ1v) is 12.1. The summed E-state index contributed by atoms with van der Waals surface area (Å²) in [5.41, 5.74) is 1.39. The standard InChI is InChI=1S/C21H26N2O3S2/c1-22(16-17-9-5-3-6-10-17)28(25,26)18-11-12-20(27-2)19(15-18)21(24)23-13-7-4-8-14-23/h3,5-6,9-12,15H,4,7-8,13-14,16H2,1-2H3. The average molecular weight is 419 g/mol. The van der Waals surface area contributed by atoms with Gasteiger partial charge in [-0.05, 0) is 49.3 Å². The molecule has 2 aromatic rings. The van der Waals surface area contributed by atoms with E-state index in [-0.39, 0.29) is 17.3 Å². The minimum absolute atomic E-state index is 0.0770. The third-order valence-corrected chi connectivity index (χ3v) is 7.60. The fourth-order valence-electron chi connectivity index (χ4n) is 3.39.